The lowest BCUT2D eigenvalue weighted by atomic mass is 9.66. The summed E-state index contributed by atoms with van der Waals surface area (Å²) in [5, 5.41) is 12.2. The number of benzene rings is 1. The molecule has 126 valence electrons. The molecule has 23 heavy (non-hydrogen) atoms. The third-order valence-corrected chi connectivity index (χ3v) is 4.86. The van der Waals surface area contributed by atoms with Gasteiger partial charge in [-0.2, -0.15) is 0 Å². The Bertz CT molecular complexity index is 573. The normalized spacial score (nSPS) is 16.3. The molecule has 0 aromatic heterocycles. The highest BCUT2D eigenvalue weighted by Crippen LogP contribution is 2.44. The maximum Gasteiger partial charge on any atom is 0.310 e. The van der Waals surface area contributed by atoms with Crippen molar-refractivity contribution in [3.8, 4) is 5.75 Å². The average Bonchev–Trinajstić information content (AvgIpc) is 2.48. The Kier molecular flexibility index (Phi) is 4.97. The van der Waals surface area contributed by atoms with Crippen LogP contribution in [0.4, 0.5) is 0 Å². The van der Waals surface area contributed by atoms with Gasteiger partial charge in [0.2, 0.25) is 5.91 Å². The highest BCUT2D eigenvalue weighted by atomic mass is 16.5. The Labute approximate surface area is 137 Å². The van der Waals surface area contributed by atoms with E-state index in [-0.39, 0.29) is 17.7 Å². The van der Waals surface area contributed by atoms with Crippen LogP contribution in [0, 0.1) is 5.41 Å². The van der Waals surface area contributed by atoms with Crippen LogP contribution in [-0.4, -0.2) is 30.6 Å². The molecule has 2 N–H and O–H groups in total. The summed E-state index contributed by atoms with van der Waals surface area (Å²) in [6.45, 7) is 4.56. The number of aliphatic carboxylic acids is 1. The van der Waals surface area contributed by atoms with E-state index in [9.17, 15) is 14.7 Å². The summed E-state index contributed by atoms with van der Waals surface area (Å²) in [7, 11) is 1.62. The first-order valence-electron chi connectivity index (χ1n) is 7.94. The fourth-order valence-corrected chi connectivity index (χ4v) is 2.90. The largest absolute Gasteiger partial charge is 0.497 e. The summed E-state index contributed by atoms with van der Waals surface area (Å²) in [6, 6.07) is 7.75. The minimum absolute atomic E-state index is 0.0705. The number of hydrogen-bond acceptors (Lipinski definition) is 3. The van der Waals surface area contributed by atoms with Crippen LogP contribution in [-0.2, 0) is 15.0 Å². The van der Waals surface area contributed by atoms with E-state index in [2.05, 4.69) is 5.32 Å². The van der Waals surface area contributed by atoms with Crippen molar-refractivity contribution in [3.05, 3.63) is 29.8 Å². The number of carboxylic acid groups (broad SMARTS) is 1. The van der Waals surface area contributed by atoms with Crippen LogP contribution in [0.5, 0.6) is 5.75 Å². The van der Waals surface area contributed by atoms with Crippen molar-refractivity contribution in [2.45, 2.75) is 44.9 Å². The second-order valence-corrected chi connectivity index (χ2v) is 7.00. The fourth-order valence-electron chi connectivity index (χ4n) is 2.90. The zero-order valence-corrected chi connectivity index (χ0v) is 14.0. The van der Waals surface area contributed by atoms with Crippen LogP contribution in [0.2, 0.25) is 0 Å². The van der Waals surface area contributed by atoms with Gasteiger partial charge >= 0.3 is 5.97 Å². The van der Waals surface area contributed by atoms with Crippen LogP contribution in [0.1, 0.15) is 45.1 Å². The molecule has 0 saturated heterocycles. The number of methoxy groups -OCH3 is 1. The Morgan fingerprint density at radius 2 is 1.87 bits per heavy atom. The topological polar surface area (TPSA) is 75.6 Å². The van der Waals surface area contributed by atoms with Crippen LogP contribution in [0.25, 0.3) is 0 Å². The van der Waals surface area contributed by atoms with Gasteiger partial charge in [-0.15, -0.1) is 0 Å². The summed E-state index contributed by atoms with van der Waals surface area (Å²) in [5.41, 5.74) is 0.0157. The molecular weight excluding hydrogens is 294 g/mol. The number of ether oxygens (including phenoxy) is 1. The molecule has 0 spiro atoms. The molecule has 1 aliphatic carbocycles. The zero-order valence-electron chi connectivity index (χ0n) is 14.0. The summed E-state index contributed by atoms with van der Waals surface area (Å²) in [4.78, 5) is 23.5. The van der Waals surface area contributed by atoms with E-state index in [1.165, 1.54) is 0 Å². The first-order valence-corrected chi connectivity index (χ1v) is 7.94. The number of carbonyl (C=O) groups excluding carboxylic acids is 1. The van der Waals surface area contributed by atoms with Gasteiger partial charge in [0, 0.05) is 18.4 Å². The molecule has 1 aliphatic rings. The fraction of sp³-hybridized carbons (Fsp3) is 0.556. The minimum Gasteiger partial charge on any atom is -0.497 e. The van der Waals surface area contributed by atoms with Crippen LogP contribution in [0.3, 0.4) is 0 Å². The van der Waals surface area contributed by atoms with E-state index in [0.717, 1.165) is 17.7 Å². The standard InChI is InChI=1S/C18H25NO4/c1-17(2,13-5-7-14(23-3)8-6-13)12-19-15(20)11-18(16(21)22)9-4-10-18/h5-8H,4,9-12H2,1-3H3,(H,19,20)(H,21,22). The predicted molar refractivity (Wildman–Crippen MR) is 87.6 cm³/mol. The van der Waals surface area contributed by atoms with E-state index >= 15 is 0 Å². The summed E-state index contributed by atoms with van der Waals surface area (Å²) >= 11 is 0. The highest BCUT2D eigenvalue weighted by molar-refractivity contribution is 5.85. The number of rotatable bonds is 7. The molecule has 5 heteroatoms. The number of carbonyl (C=O) groups is 2. The second kappa shape index (κ2) is 6.60. The van der Waals surface area contributed by atoms with Crippen LogP contribution < -0.4 is 10.1 Å². The molecule has 0 bridgehead atoms. The number of amides is 1. The maximum absolute atomic E-state index is 12.1. The van der Waals surface area contributed by atoms with Gasteiger partial charge in [0.25, 0.3) is 0 Å². The van der Waals surface area contributed by atoms with E-state index < -0.39 is 11.4 Å². The molecular formula is C18H25NO4. The molecule has 1 amide bonds. The lowest BCUT2D eigenvalue weighted by Gasteiger charge is -2.37. The number of nitrogens with one attached hydrogen (secondary N) is 1. The lowest BCUT2D eigenvalue weighted by molar-refractivity contribution is -0.157. The Balaban J connectivity index is 1.92. The van der Waals surface area contributed by atoms with E-state index in [0.29, 0.717) is 19.4 Å². The van der Waals surface area contributed by atoms with Crippen molar-refractivity contribution in [2.24, 2.45) is 5.41 Å². The van der Waals surface area contributed by atoms with Gasteiger partial charge in [0.1, 0.15) is 5.75 Å². The number of carboxylic acids is 1. The van der Waals surface area contributed by atoms with Gasteiger partial charge in [-0.3, -0.25) is 9.59 Å². The van der Waals surface area contributed by atoms with E-state index in [1.807, 2.05) is 38.1 Å². The van der Waals surface area contributed by atoms with E-state index in [1.54, 1.807) is 7.11 Å². The second-order valence-electron chi connectivity index (χ2n) is 7.00. The van der Waals surface area contributed by atoms with Crippen molar-refractivity contribution in [3.63, 3.8) is 0 Å². The molecule has 2 rings (SSSR count). The number of hydrogen-bond donors (Lipinski definition) is 2. The first-order chi connectivity index (χ1) is 10.8. The third-order valence-electron chi connectivity index (χ3n) is 4.86. The Morgan fingerprint density at radius 3 is 2.30 bits per heavy atom. The Morgan fingerprint density at radius 1 is 1.26 bits per heavy atom. The predicted octanol–water partition coefficient (Wildman–Crippen LogP) is 2.73. The SMILES string of the molecule is COc1ccc(C(C)(C)CNC(=O)CC2(C(=O)O)CCC2)cc1. The first kappa shape index (κ1) is 17.3. The smallest absolute Gasteiger partial charge is 0.310 e. The van der Waals surface area contributed by atoms with Crippen LogP contribution >= 0.6 is 0 Å². The van der Waals surface area contributed by atoms with E-state index in [4.69, 9.17) is 4.74 Å². The molecule has 0 atom stereocenters. The molecule has 1 aromatic rings. The molecule has 0 unspecified atom stereocenters. The molecule has 1 aromatic carbocycles. The molecule has 1 saturated carbocycles. The van der Waals surface area contributed by atoms with Gasteiger partial charge in [-0.1, -0.05) is 32.4 Å². The quantitative estimate of drug-likeness (QED) is 0.810. The molecule has 0 aliphatic heterocycles. The molecule has 5 nitrogen and oxygen atoms in total. The molecule has 1 fully saturated rings. The van der Waals surface area contributed by atoms with Crippen LogP contribution in [0.15, 0.2) is 24.3 Å². The monoisotopic (exact) mass is 319 g/mol. The van der Waals surface area contributed by atoms with Crippen molar-refractivity contribution < 1.29 is 19.4 Å². The van der Waals surface area contributed by atoms with Gasteiger partial charge < -0.3 is 15.2 Å². The van der Waals surface area contributed by atoms with Gasteiger partial charge in [0.15, 0.2) is 0 Å². The maximum atomic E-state index is 12.1. The van der Waals surface area contributed by atoms with Crippen molar-refractivity contribution in [1.82, 2.24) is 5.32 Å². The third kappa shape index (κ3) is 3.84. The van der Waals surface area contributed by atoms with Crippen molar-refractivity contribution in [2.75, 3.05) is 13.7 Å². The summed E-state index contributed by atoms with van der Waals surface area (Å²) in [6.07, 6.45) is 2.15. The zero-order chi connectivity index (χ0) is 17.1. The summed E-state index contributed by atoms with van der Waals surface area (Å²) in [5.74, 6) is -0.246. The lowest BCUT2D eigenvalue weighted by Crippen LogP contribution is -2.44. The van der Waals surface area contributed by atoms with Crippen molar-refractivity contribution >= 4 is 11.9 Å². The molecule has 0 radical (unpaired) electrons. The Hall–Kier alpha value is -2.04. The highest BCUT2D eigenvalue weighted by Gasteiger charge is 2.45. The molecule has 0 heterocycles. The summed E-state index contributed by atoms with van der Waals surface area (Å²) < 4.78 is 5.15. The average molecular weight is 319 g/mol. The van der Waals surface area contributed by atoms with Gasteiger partial charge in [-0.25, -0.2) is 0 Å². The minimum atomic E-state index is -0.853. The van der Waals surface area contributed by atoms with Gasteiger partial charge in [0.05, 0.1) is 12.5 Å². The van der Waals surface area contributed by atoms with Crippen molar-refractivity contribution in [1.29, 1.82) is 0 Å². The van der Waals surface area contributed by atoms with Gasteiger partial charge in [-0.05, 0) is 30.5 Å².